The predicted octanol–water partition coefficient (Wildman–Crippen LogP) is 0.200. The molecule has 0 aliphatic heterocycles. The van der Waals surface area contributed by atoms with Gasteiger partial charge in [0.1, 0.15) is 0 Å². The van der Waals surface area contributed by atoms with Gasteiger partial charge in [-0.1, -0.05) is 4.57 Å². The number of hydrogen-bond donors (Lipinski definition) is 0. The fourth-order valence-corrected chi connectivity index (χ4v) is 0. The van der Waals surface area contributed by atoms with Crippen LogP contribution in [0.25, 0.3) is 0 Å². The molecule has 0 bridgehead atoms. The Balaban J connectivity index is -0.00000000167. The van der Waals surface area contributed by atoms with Gasteiger partial charge in [-0.05, 0) is 0 Å². The standard InChI is InChI=1S/H2OP.3Zn/c1-2;;;/h2H2;;;/q+1;;;. The van der Waals surface area contributed by atoms with Crippen molar-refractivity contribution in [2.45, 2.75) is 0 Å². The van der Waals surface area contributed by atoms with Crippen LogP contribution in [0.15, 0.2) is 0 Å². The molecule has 18 valence electrons. The summed E-state index contributed by atoms with van der Waals surface area (Å²) in [7, 11) is 1.17. The second-order valence-corrected chi connectivity index (χ2v) is 0. The Labute approximate surface area is 71.6 Å². The molecule has 0 N–H and O–H groups in total. The van der Waals surface area contributed by atoms with Crippen LogP contribution in [-0.4, -0.2) is 0 Å². The second kappa shape index (κ2) is 38.0. The van der Waals surface area contributed by atoms with E-state index in [2.05, 4.69) is 0 Å². The fourth-order valence-electron chi connectivity index (χ4n) is 0. The molecular formula is H2OPZn3+. The van der Waals surface area contributed by atoms with E-state index < -0.39 is 0 Å². The molecule has 1 atom stereocenters. The Morgan fingerprint density at radius 2 is 0.800 bits per heavy atom. The maximum absolute atomic E-state index is 8.17. The topological polar surface area (TPSA) is 17.1 Å². The molecule has 0 saturated carbocycles. The van der Waals surface area contributed by atoms with E-state index in [9.17, 15) is 0 Å². The van der Waals surface area contributed by atoms with Gasteiger partial charge in [-0.2, -0.15) is 0 Å². The van der Waals surface area contributed by atoms with Crippen LogP contribution < -0.4 is 0 Å². The van der Waals surface area contributed by atoms with Crippen LogP contribution in [0, 0.1) is 0 Å². The van der Waals surface area contributed by atoms with Crippen molar-refractivity contribution in [3.8, 4) is 0 Å². The maximum Gasteiger partial charge on any atom is 0.310 e. The van der Waals surface area contributed by atoms with E-state index in [1.54, 1.807) is 0 Å². The van der Waals surface area contributed by atoms with E-state index in [0.717, 1.165) is 0 Å². The summed E-state index contributed by atoms with van der Waals surface area (Å²) in [6.07, 6.45) is 0. The van der Waals surface area contributed by atoms with Crippen molar-refractivity contribution in [1.29, 1.82) is 0 Å². The van der Waals surface area contributed by atoms with E-state index in [0.29, 0.717) is 0 Å². The molecule has 0 aliphatic rings. The maximum atomic E-state index is 8.17. The van der Waals surface area contributed by atoms with E-state index >= 15 is 0 Å². The molecule has 0 spiro atoms. The SMILES string of the molecule is O=[PH2+].[Zn].[Zn].[Zn]. The number of hydrogen-bond acceptors (Lipinski definition) is 1. The molecule has 1 nitrogen and oxygen atoms in total. The Morgan fingerprint density at radius 1 is 0.800 bits per heavy atom. The van der Waals surface area contributed by atoms with Crippen molar-refractivity contribution in [1.82, 2.24) is 0 Å². The summed E-state index contributed by atoms with van der Waals surface area (Å²) < 4.78 is 8.17. The van der Waals surface area contributed by atoms with Gasteiger partial charge in [0.05, 0.1) is 0 Å². The molecule has 1 unspecified atom stereocenters. The van der Waals surface area contributed by atoms with Crippen molar-refractivity contribution in [2.24, 2.45) is 0 Å². The van der Waals surface area contributed by atoms with Crippen molar-refractivity contribution in [2.75, 3.05) is 0 Å². The van der Waals surface area contributed by atoms with Crippen LogP contribution in [0.4, 0.5) is 0 Å². The molecule has 5 heteroatoms. The van der Waals surface area contributed by atoms with Crippen LogP contribution in [0.1, 0.15) is 0 Å². The summed E-state index contributed by atoms with van der Waals surface area (Å²) in [5.41, 5.74) is 0. The molecule has 0 radical (unpaired) electrons. The van der Waals surface area contributed by atoms with Gasteiger partial charge in [-0.3, -0.25) is 0 Å². The van der Waals surface area contributed by atoms with Gasteiger partial charge in [0, 0.05) is 58.4 Å². The van der Waals surface area contributed by atoms with Crippen molar-refractivity contribution in [3.63, 3.8) is 0 Å². The summed E-state index contributed by atoms with van der Waals surface area (Å²) in [6, 6.07) is 0. The van der Waals surface area contributed by atoms with Gasteiger partial charge in [0.25, 0.3) is 0 Å². The molecule has 0 rings (SSSR count). The minimum Gasteiger partial charge on any atom is -0.0801 e. The quantitative estimate of drug-likeness (QED) is 0.440. The van der Waals surface area contributed by atoms with Gasteiger partial charge in [0.2, 0.25) is 0 Å². The first-order chi connectivity index (χ1) is 1.00. The van der Waals surface area contributed by atoms with Crippen LogP contribution >= 0.6 is 9.12 Å². The fraction of sp³-hybridized carbons (Fsp3) is 0. The molecule has 0 aromatic carbocycles. The Hall–Kier alpha value is 1.97. The zero-order chi connectivity index (χ0) is 2.00. The summed E-state index contributed by atoms with van der Waals surface area (Å²) in [4.78, 5) is 0. The van der Waals surface area contributed by atoms with E-state index in [4.69, 9.17) is 4.57 Å². The molecule has 0 aromatic rings. The summed E-state index contributed by atoms with van der Waals surface area (Å²) in [5, 5.41) is 0. The first-order valence-electron chi connectivity index (χ1n) is 0.236. The Morgan fingerprint density at radius 3 is 0.800 bits per heavy atom. The van der Waals surface area contributed by atoms with E-state index in [1.165, 1.54) is 9.12 Å². The zero-order valence-corrected chi connectivity index (χ0v) is 13.2. The van der Waals surface area contributed by atoms with Crippen molar-refractivity contribution >= 4 is 9.12 Å². The molecule has 0 fully saturated rings. The van der Waals surface area contributed by atoms with Crippen LogP contribution in [0.3, 0.4) is 0 Å². The van der Waals surface area contributed by atoms with Gasteiger partial charge in [-0.25, -0.2) is 0 Å². The molecule has 0 aromatic heterocycles. The predicted molar refractivity (Wildman–Crippen MR) is 10.4 cm³/mol. The monoisotopic (exact) mass is 241 g/mol. The molecular weight excluding hydrogens is 243 g/mol. The third-order valence-electron chi connectivity index (χ3n) is 0. The summed E-state index contributed by atoms with van der Waals surface area (Å²) in [5.74, 6) is 0. The third kappa shape index (κ3) is 24.2. The van der Waals surface area contributed by atoms with Gasteiger partial charge >= 0.3 is 9.12 Å². The van der Waals surface area contributed by atoms with Crippen LogP contribution in [-0.2, 0) is 63.0 Å². The smallest absolute Gasteiger partial charge is 0.0801 e. The first kappa shape index (κ1) is 28.2. The number of rotatable bonds is 0. The molecule has 0 saturated heterocycles. The summed E-state index contributed by atoms with van der Waals surface area (Å²) in [6.45, 7) is 0. The average molecular weight is 245 g/mol. The minimum atomic E-state index is 0. The van der Waals surface area contributed by atoms with Gasteiger partial charge in [0.15, 0.2) is 0 Å². The minimum absolute atomic E-state index is 0. The normalized spacial score (nSPS) is 0.800. The van der Waals surface area contributed by atoms with Crippen LogP contribution in [0.2, 0.25) is 0 Å². The Kier molecular flexibility index (Phi) is 214. The zero-order valence-electron chi connectivity index (χ0n) is 3.11. The molecule has 5 heavy (non-hydrogen) atoms. The van der Waals surface area contributed by atoms with E-state index in [-0.39, 0.29) is 58.4 Å². The molecule has 0 aliphatic carbocycles. The Bertz CT molecular complexity index is 6.85. The van der Waals surface area contributed by atoms with Gasteiger partial charge < -0.3 is 0 Å². The van der Waals surface area contributed by atoms with Crippen molar-refractivity contribution < 1.29 is 63.0 Å². The largest absolute Gasteiger partial charge is 0.310 e. The van der Waals surface area contributed by atoms with Crippen molar-refractivity contribution in [3.05, 3.63) is 0 Å². The summed E-state index contributed by atoms with van der Waals surface area (Å²) >= 11 is 0. The average Bonchev–Trinajstić information content (AvgIpc) is 1.00. The molecule has 0 heterocycles. The third-order valence-corrected chi connectivity index (χ3v) is 0. The van der Waals surface area contributed by atoms with Gasteiger partial charge in [-0.15, -0.1) is 0 Å². The van der Waals surface area contributed by atoms with E-state index in [1.807, 2.05) is 0 Å². The second-order valence-electron chi connectivity index (χ2n) is 0. The molecule has 0 amide bonds. The first-order valence-corrected chi connectivity index (χ1v) is 0.707. The van der Waals surface area contributed by atoms with Crippen LogP contribution in [0.5, 0.6) is 0 Å².